The van der Waals surface area contributed by atoms with Crippen molar-refractivity contribution in [2.45, 2.75) is 39.3 Å². The number of ether oxygens (including phenoxy) is 1. The lowest BCUT2D eigenvalue weighted by Crippen LogP contribution is -2.40. The van der Waals surface area contributed by atoms with E-state index in [1.165, 1.54) is 11.3 Å². The summed E-state index contributed by atoms with van der Waals surface area (Å²) >= 11 is 0. The standard InChI is InChI=1S/C14H25N5O.HI/c1-10-13(11(2)19(4)18-10)9-17-14(15-3)16-8-12-6-5-7-20-12;/h12H,5-9H2,1-4H3,(H2,15,16,17);1H. The highest BCUT2D eigenvalue weighted by atomic mass is 127. The molecule has 2 heterocycles. The van der Waals surface area contributed by atoms with Crippen LogP contribution >= 0.6 is 24.0 Å². The molecule has 0 bridgehead atoms. The first-order valence-corrected chi connectivity index (χ1v) is 7.17. The molecule has 0 radical (unpaired) electrons. The second-order valence-electron chi connectivity index (χ2n) is 5.21. The molecule has 1 fully saturated rings. The van der Waals surface area contributed by atoms with E-state index in [0.29, 0.717) is 6.10 Å². The second kappa shape index (κ2) is 8.57. The van der Waals surface area contributed by atoms with Gasteiger partial charge in [0.25, 0.3) is 0 Å². The Bertz CT molecular complexity index is 480. The molecular formula is C14H26IN5O. The maximum Gasteiger partial charge on any atom is 0.191 e. The molecule has 1 aromatic heterocycles. The highest BCUT2D eigenvalue weighted by Crippen LogP contribution is 2.12. The number of nitrogens with one attached hydrogen (secondary N) is 2. The monoisotopic (exact) mass is 407 g/mol. The van der Waals surface area contributed by atoms with Gasteiger partial charge in [-0.05, 0) is 26.7 Å². The van der Waals surface area contributed by atoms with Crippen molar-refractivity contribution < 1.29 is 4.74 Å². The number of aromatic nitrogens is 2. The van der Waals surface area contributed by atoms with Crippen molar-refractivity contribution in [2.24, 2.45) is 12.0 Å². The van der Waals surface area contributed by atoms with Crippen molar-refractivity contribution in [3.05, 3.63) is 17.0 Å². The van der Waals surface area contributed by atoms with E-state index in [1.54, 1.807) is 7.05 Å². The lowest BCUT2D eigenvalue weighted by molar-refractivity contribution is 0.114. The number of aliphatic imine (C=N–C) groups is 1. The number of guanidine groups is 1. The summed E-state index contributed by atoms with van der Waals surface area (Å²) in [6.07, 6.45) is 2.60. The molecule has 2 rings (SSSR count). The smallest absolute Gasteiger partial charge is 0.191 e. The predicted molar refractivity (Wildman–Crippen MR) is 95.3 cm³/mol. The zero-order chi connectivity index (χ0) is 14.5. The van der Waals surface area contributed by atoms with Gasteiger partial charge in [-0.3, -0.25) is 9.67 Å². The summed E-state index contributed by atoms with van der Waals surface area (Å²) in [5.74, 6) is 0.808. The fourth-order valence-electron chi connectivity index (χ4n) is 2.48. The summed E-state index contributed by atoms with van der Waals surface area (Å²) in [7, 11) is 3.75. The Labute approximate surface area is 143 Å². The van der Waals surface area contributed by atoms with E-state index in [0.717, 1.165) is 44.2 Å². The van der Waals surface area contributed by atoms with Crippen LogP contribution < -0.4 is 10.6 Å². The minimum absolute atomic E-state index is 0. The minimum Gasteiger partial charge on any atom is -0.376 e. The summed E-state index contributed by atoms with van der Waals surface area (Å²) in [6.45, 7) is 6.54. The SMILES string of the molecule is CN=C(NCc1c(C)nn(C)c1C)NCC1CCCO1.I. The minimum atomic E-state index is 0. The first kappa shape index (κ1) is 18.2. The average Bonchev–Trinajstić information content (AvgIpc) is 3.02. The molecule has 0 spiro atoms. The molecule has 2 N–H and O–H groups in total. The van der Waals surface area contributed by atoms with Gasteiger partial charge in [-0.15, -0.1) is 24.0 Å². The van der Waals surface area contributed by atoms with Gasteiger partial charge in [-0.1, -0.05) is 0 Å². The lowest BCUT2D eigenvalue weighted by atomic mass is 10.2. The van der Waals surface area contributed by atoms with Crippen LogP contribution in [0.4, 0.5) is 0 Å². The molecule has 1 atom stereocenters. The summed E-state index contributed by atoms with van der Waals surface area (Å²) in [4.78, 5) is 4.24. The number of hydrogen-bond acceptors (Lipinski definition) is 3. The quantitative estimate of drug-likeness (QED) is 0.451. The first-order valence-electron chi connectivity index (χ1n) is 7.17. The molecule has 1 aliphatic rings. The van der Waals surface area contributed by atoms with Gasteiger partial charge < -0.3 is 15.4 Å². The Balaban J connectivity index is 0.00000220. The third kappa shape index (κ3) is 4.84. The molecule has 1 saturated heterocycles. The van der Waals surface area contributed by atoms with Crippen LogP contribution in [-0.2, 0) is 18.3 Å². The van der Waals surface area contributed by atoms with Gasteiger partial charge in [0.2, 0.25) is 0 Å². The third-order valence-electron chi connectivity index (χ3n) is 3.84. The van der Waals surface area contributed by atoms with Gasteiger partial charge in [-0.25, -0.2) is 0 Å². The van der Waals surface area contributed by atoms with Crippen molar-refractivity contribution in [1.29, 1.82) is 0 Å². The summed E-state index contributed by atoms with van der Waals surface area (Å²) < 4.78 is 7.51. The van der Waals surface area contributed by atoms with Gasteiger partial charge in [-0.2, -0.15) is 5.10 Å². The van der Waals surface area contributed by atoms with Crippen molar-refractivity contribution in [1.82, 2.24) is 20.4 Å². The van der Waals surface area contributed by atoms with Gasteiger partial charge in [0.1, 0.15) is 0 Å². The van der Waals surface area contributed by atoms with Crippen molar-refractivity contribution in [3.8, 4) is 0 Å². The van der Waals surface area contributed by atoms with Crippen LogP contribution in [0.25, 0.3) is 0 Å². The van der Waals surface area contributed by atoms with E-state index >= 15 is 0 Å². The van der Waals surface area contributed by atoms with Gasteiger partial charge in [0.15, 0.2) is 5.96 Å². The highest BCUT2D eigenvalue weighted by Gasteiger charge is 2.16. The maximum absolute atomic E-state index is 5.59. The highest BCUT2D eigenvalue weighted by molar-refractivity contribution is 14.0. The van der Waals surface area contributed by atoms with E-state index in [-0.39, 0.29) is 24.0 Å². The van der Waals surface area contributed by atoms with Crippen LogP contribution in [0.1, 0.15) is 29.8 Å². The number of nitrogens with zero attached hydrogens (tertiary/aromatic N) is 3. The van der Waals surface area contributed by atoms with E-state index in [4.69, 9.17) is 4.74 Å². The Morgan fingerprint density at radius 3 is 2.71 bits per heavy atom. The zero-order valence-electron chi connectivity index (χ0n) is 13.3. The maximum atomic E-state index is 5.59. The molecule has 0 saturated carbocycles. The summed E-state index contributed by atoms with van der Waals surface area (Å²) in [5, 5.41) is 11.1. The molecule has 0 aromatic carbocycles. The van der Waals surface area contributed by atoms with Crippen LogP contribution in [0.5, 0.6) is 0 Å². The zero-order valence-corrected chi connectivity index (χ0v) is 15.6. The molecule has 6 nitrogen and oxygen atoms in total. The Hall–Kier alpha value is -0.830. The number of hydrogen-bond donors (Lipinski definition) is 2. The summed E-state index contributed by atoms with van der Waals surface area (Å²) in [5.41, 5.74) is 3.48. The van der Waals surface area contributed by atoms with Crippen molar-refractivity contribution >= 4 is 29.9 Å². The number of halogens is 1. The molecule has 0 amide bonds. The Kier molecular flexibility index (Phi) is 7.44. The van der Waals surface area contributed by atoms with Crippen LogP contribution in [0.15, 0.2) is 4.99 Å². The third-order valence-corrected chi connectivity index (χ3v) is 3.84. The van der Waals surface area contributed by atoms with Crippen LogP contribution in [-0.4, -0.2) is 42.0 Å². The average molecular weight is 407 g/mol. The molecule has 1 unspecified atom stereocenters. The first-order chi connectivity index (χ1) is 9.61. The van der Waals surface area contributed by atoms with Gasteiger partial charge >= 0.3 is 0 Å². The Morgan fingerprint density at radius 2 is 2.19 bits per heavy atom. The van der Waals surface area contributed by atoms with Crippen LogP contribution in [0, 0.1) is 13.8 Å². The van der Waals surface area contributed by atoms with Crippen LogP contribution in [0.3, 0.4) is 0 Å². The lowest BCUT2D eigenvalue weighted by Gasteiger charge is -2.15. The topological polar surface area (TPSA) is 63.5 Å². The van der Waals surface area contributed by atoms with Crippen LogP contribution in [0.2, 0.25) is 0 Å². The normalized spacial score (nSPS) is 18.5. The van der Waals surface area contributed by atoms with Gasteiger partial charge in [0, 0.05) is 45.0 Å². The van der Waals surface area contributed by atoms with E-state index in [1.807, 2.05) is 18.7 Å². The van der Waals surface area contributed by atoms with E-state index < -0.39 is 0 Å². The van der Waals surface area contributed by atoms with E-state index in [2.05, 4.69) is 27.6 Å². The van der Waals surface area contributed by atoms with Crippen molar-refractivity contribution in [3.63, 3.8) is 0 Å². The van der Waals surface area contributed by atoms with Gasteiger partial charge in [0.05, 0.1) is 11.8 Å². The molecule has 0 aliphatic carbocycles. The fourth-order valence-corrected chi connectivity index (χ4v) is 2.48. The van der Waals surface area contributed by atoms with E-state index in [9.17, 15) is 0 Å². The molecule has 1 aliphatic heterocycles. The summed E-state index contributed by atoms with van der Waals surface area (Å²) in [6, 6.07) is 0. The number of aryl methyl sites for hydroxylation is 2. The molecule has 7 heteroatoms. The molecule has 1 aromatic rings. The number of rotatable bonds is 4. The fraction of sp³-hybridized carbons (Fsp3) is 0.714. The molecular weight excluding hydrogens is 381 g/mol. The van der Waals surface area contributed by atoms with Crippen molar-refractivity contribution in [2.75, 3.05) is 20.2 Å². The molecule has 120 valence electrons. The predicted octanol–water partition coefficient (Wildman–Crippen LogP) is 1.50. The second-order valence-corrected chi connectivity index (χ2v) is 5.21. The largest absolute Gasteiger partial charge is 0.376 e. The Morgan fingerprint density at radius 1 is 1.43 bits per heavy atom. The molecule has 21 heavy (non-hydrogen) atoms.